The standard InChI is InChI=1S/C23H26N6O/c1-2-29-21-12-19-17(11-20(21)28-23(29)30)22(26-14-25-19)24-13-15-7-3-6-10-18(15)27-16-8-4-5-9-16/h3,6-7,10-12,14,16,27H,2,4-5,8-9,13H2,1H3,(H,28,30)(H,24,25,26). The summed E-state index contributed by atoms with van der Waals surface area (Å²) in [6.45, 7) is 3.24. The molecule has 1 fully saturated rings. The number of rotatable bonds is 6. The highest BCUT2D eigenvalue weighted by atomic mass is 16.1. The quantitative estimate of drug-likeness (QED) is 0.449. The van der Waals surface area contributed by atoms with Crippen molar-refractivity contribution in [2.24, 2.45) is 0 Å². The van der Waals surface area contributed by atoms with Crippen LogP contribution in [-0.4, -0.2) is 25.6 Å². The largest absolute Gasteiger partial charge is 0.382 e. The second-order valence-electron chi connectivity index (χ2n) is 7.92. The number of hydrogen-bond acceptors (Lipinski definition) is 5. The van der Waals surface area contributed by atoms with E-state index in [4.69, 9.17) is 0 Å². The summed E-state index contributed by atoms with van der Waals surface area (Å²) in [6.07, 6.45) is 6.66. The van der Waals surface area contributed by atoms with Crippen LogP contribution in [-0.2, 0) is 13.1 Å². The molecule has 0 atom stereocenters. The zero-order chi connectivity index (χ0) is 20.5. The Morgan fingerprint density at radius 1 is 1.17 bits per heavy atom. The van der Waals surface area contributed by atoms with Crippen LogP contribution in [0.25, 0.3) is 21.9 Å². The molecule has 3 N–H and O–H groups in total. The Morgan fingerprint density at radius 3 is 2.83 bits per heavy atom. The average molecular weight is 403 g/mol. The number of aromatic amines is 1. The van der Waals surface area contributed by atoms with Gasteiger partial charge in [0, 0.05) is 30.2 Å². The van der Waals surface area contributed by atoms with E-state index in [0.29, 0.717) is 19.1 Å². The second kappa shape index (κ2) is 7.82. The molecule has 1 aliphatic carbocycles. The number of para-hydroxylation sites is 1. The molecule has 0 unspecified atom stereocenters. The van der Waals surface area contributed by atoms with Crippen LogP contribution < -0.4 is 16.3 Å². The molecule has 154 valence electrons. The predicted octanol–water partition coefficient (Wildman–Crippen LogP) is 4.26. The smallest absolute Gasteiger partial charge is 0.326 e. The van der Waals surface area contributed by atoms with Gasteiger partial charge < -0.3 is 15.6 Å². The maximum absolute atomic E-state index is 12.2. The monoisotopic (exact) mass is 402 g/mol. The Morgan fingerprint density at radius 2 is 2.00 bits per heavy atom. The molecule has 7 nitrogen and oxygen atoms in total. The van der Waals surface area contributed by atoms with E-state index in [9.17, 15) is 4.79 Å². The summed E-state index contributed by atoms with van der Waals surface area (Å²) in [7, 11) is 0. The van der Waals surface area contributed by atoms with Gasteiger partial charge in [-0.15, -0.1) is 0 Å². The molecule has 2 aromatic heterocycles. The molecule has 0 aliphatic heterocycles. The van der Waals surface area contributed by atoms with Crippen LogP contribution in [0.2, 0.25) is 0 Å². The fraction of sp³-hybridized carbons (Fsp3) is 0.348. The molecule has 1 saturated carbocycles. The topological polar surface area (TPSA) is 87.6 Å². The van der Waals surface area contributed by atoms with Crippen LogP contribution in [0.4, 0.5) is 11.5 Å². The summed E-state index contributed by atoms with van der Waals surface area (Å²) >= 11 is 0. The Balaban J connectivity index is 1.45. The van der Waals surface area contributed by atoms with Crippen molar-refractivity contribution >= 4 is 33.4 Å². The van der Waals surface area contributed by atoms with Gasteiger partial charge in [0.05, 0.1) is 16.6 Å². The third-order valence-corrected chi connectivity index (χ3v) is 6.03. The Labute approximate surface area is 174 Å². The molecule has 5 rings (SSSR count). The fourth-order valence-electron chi connectivity index (χ4n) is 4.45. The van der Waals surface area contributed by atoms with E-state index in [1.807, 2.05) is 19.1 Å². The van der Waals surface area contributed by atoms with E-state index < -0.39 is 0 Å². The molecule has 0 amide bonds. The summed E-state index contributed by atoms with van der Waals surface area (Å²) in [5.41, 5.74) is 4.78. The second-order valence-corrected chi connectivity index (χ2v) is 7.92. The molecule has 0 bridgehead atoms. The van der Waals surface area contributed by atoms with Crippen molar-refractivity contribution in [2.75, 3.05) is 10.6 Å². The first-order valence-corrected chi connectivity index (χ1v) is 10.7. The lowest BCUT2D eigenvalue weighted by molar-refractivity contribution is 0.753. The highest BCUT2D eigenvalue weighted by Gasteiger charge is 2.16. The van der Waals surface area contributed by atoms with Gasteiger partial charge in [0.2, 0.25) is 0 Å². The molecule has 4 aromatic rings. The summed E-state index contributed by atoms with van der Waals surface area (Å²) < 4.78 is 1.72. The molecular weight excluding hydrogens is 376 g/mol. The zero-order valence-electron chi connectivity index (χ0n) is 17.1. The molecule has 7 heteroatoms. The van der Waals surface area contributed by atoms with Gasteiger partial charge >= 0.3 is 5.69 Å². The Kier molecular flexibility index (Phi) is 4.86. The molecule has 0 saturated heterocycles. The van der Waals surface area contributed by atoms with Gasteiger partial charge in [0.25, 0.3) is 0 Å². The van der Waals surface area contributed by atoms with Crippen molar-refractivity contribution in [3.05, 3.63) is 58.8 Å². The fourth-order valence-corrected chi connectivity index (χ4v) is 4.45. The molecular formula is C23H26N6O. The normalized spacial score (nSPS) is 14.6. The predicted molar refractivity (Wildman–Crippen MR) is 121 cm³/mol. The number of benzene rings is 2. The van der Waals surface area contributed by atoms with E-state index in [2.05, 4.69) is 49.9 Å². The lowest BCUT2D eigenvalue weighted by atomic mass is 10.1. The van der Waals surface area contributed by atoms with Gasteiger partial charge in [-0.3, -0.25) is 4.57 Å². The molecule has 1 aliphatic rings. The first-order valence-electron chi connectivity index (χ1n) is 10.7. The van der Waals surface area contributed by atoms with Gasteiger partial charge in [-0.1, -0.05) is 31.0 Å². The first-order chi connectivity index (χ1) is 14.7. The third kappa shape index (κ3) is 3.40. The van der Waals surface area contributed by atoms with Gasteiger partial charge in [0.1, 0.15) is 12.1 Å². The van der Waals surface area contributed by atoms with Gasteiger partial charge in [-0.25, -0.2) is 14.8 Å². The van der Waals surface area contributed by atoms with Crippen molar-refractivity contribution < 1.29 is 0 Å². The summed E-state index contributed by atoms with van der Waals surface area (Å²) in [6, 6.07) is 12.9. The number of anilines is 2. The number of nitrogens with zero attached hydrogens (tertiary/aromatic N) is 3. The van der Waals surface area contributed by atoms with Crippen LogP contribution in [0, 0.1) is 0 Å². The molecule has 2 heterocycles. The Bertz CT molecular complexity index is 1250. The molecule has 0 spiro atoms. The van der Waals surface area contributed by atoms with E-state index in [-0.39, 0.29) is 5.69 Å². The molecule has 30 heavy (non-hydrogen) atoms. The lowest BCUT2D eigenvalue weighted by Gasteiger charge is -2.18. The van der Waals surface area contributed by atoms with Crippen molar-refractivity contribution in [1.29, 1.82) is 0 Å². The zero-order valence-corrected chi connectivity index (χ0v) is 17.1. The highest BCUT2D eigenvalue weighted by Crippen LogP contribution is 2.27. The number of aryl methyl sites for hydroxylation is 1. The lowest BCUT2D eigenvalue weighted by Crippen LogP contribution is -2.16. The van der Waals surface area contributed by atoms with Crippen molar-refractivity contribution in [3.8, 4) is 0 Å². The van der Waals surface area contributed by atoms with E-state index in [1.54, 1.807) is 10.9 Å². The van der Waals surface area contributed by atoms with Crippen LogP contribution in [0.5, 0.6) is 0 Å². The number of fused-ring (bicyclic) bond motifs is 2. The average Bonchev–Trinajstić information content (AvgIpc) is 3.37. The number of hydrogen-bond donors (Lipinski definition) is 3. The highest BCUT2D eigenvalue weighted by molar-refractivity contribution is 5.98. The molecule has 0 radical (unpaired) electrons. The van der Waals surface area contributed by atoms with E-state index in [1.165, 1.54) is 36.9 Å². The SMILES string of the molecule is CCn1c(=O)[nH]c2cc3c(NCc4ccccc4NC4CCCC4)ncnc3cc21. The first kappa shape index (κ1) is 18.7. The number of nitrogens with one attached hydrogen (secondary N) is 3. The van der Waals surface area contributed by atoms with Crippen LogP contribution in [0.3, 0.4) is 0 Å². The Hall–Kier alpha value is -3.35. The van der Waals surface area contributed by atoms with E-state index in [0.717, 1.165) is 27.8 Å². The van der Waals surface area contributed by atoms with Crippen molar-refractivity contribution in [3.63, 3.8) is 0 Å². The van der Waals surface area contributed by atoms with Crippen molar-refractivity contribution in [2.45, 2.75) is 51.7 Å². The maximum Gasteiger partial charge on any atom is 0.326 e. The van der Waals surface area contributed by atoms with Crippen molar-refractivity contribution in [1.82, 2.24) is 19.5 Å². The van der Waals surface area contributed by atoms with Crippen LogP contribution in [0.15, 0.2) is 47.5 Å². The minimum absolute atomic E-state index is 0.0998. The molecule has 2 aromatic carbocycles. The van der Waals surface area contributed by atoms with Crippen LogP contribution in [0.1, 0.15) is 38.2 Å². The van der Waals surface area contributed by atoms with E-state index >= 15 is 0 Å². The summed E-state index contributed by atoms with van der Waals surface area (Å²) in [5, 5.41) is 8.09. The van der Waals surface area contributed by atoms with Gasteiger partial charge in [0.15, 0.2) is 0 Å². The minimum Gasteiger partial charge on any atom is -0.382 e. The van der Waals surface area contributed by atoms with Gasteiger partial charge in [-0.05, 0) is 43.5 Å². The minimum atomic E-state index is -0.0998. The number of aromatic nitrogens is 4. The maximum atomic E-state index is 12.2. The third-order valence-electron chi connectivity index (χ3n) is 6.03. The van der Waals surface area contributed by atoms with Gasteiger partial charge in [-0.2, -0.15) is 0 Å². The summed E-state index contributed by atoms with van der Waals surface area (Å²) in [5.74, 6) is 0.766. The number of imidazole rings is 1. The summed E-state index contributed by atoms with van der Waals surface area (Å²) in [4.78, 5) is 24.0. The van der Waals surface area contributed by atoms with Crippen LogP contribution >= 0.6 is 0 Å². The number of H-pyrrole nitrogens is 1.